The maximum Gasteiger partial charge on any atom is 0.256 e. The van der Waals surface area contributed by atoms with Crippen LogP contribution >= 0.6 is 8.53 Å². The predicted octanol–water partition coefficient (Wildman–Crippen LogP) is 9.63. The molecule has 0 saturated heterocycles. The first-order chi connectivity index (χ1) is 23.2. The van der Waals surface area contributed by atoms with Gasteiger partial charge in [-0.1, -0.05) is 73.9 Å². The van der Waals surface area contributed by atoms with Crippen LogP contribution in [0.4, 0.5) is 0 Å². The molecule has 3 aromatic rings. The number of nitriles is 1. The zero-order valence-electron chi connectivity index (χ0n) is 29.7. The summed E-state index contributed by atoms with van der Waals surface area (Å²) in [5.74, 6) is 1.31. The van der Waals surface area contributed by atoms with Crippen molar-refractivity contribution >= 4 is 8.53 Å². The molecule has 7 nitrogen and oxygen atoms in total. The minimum absolute atomic E-state index is 0.0848. The summed E-state index contributed by atoms with van der Waals surface area (Å²) in [4.78, 5) is 10.8. The molecule has 0 aromatic heterocycles. The van der Waals surface area contributed by atoms with Crippen molar-refractivity contribution < 1.29 is 23.6 Å². The Balaban J connectivity index is 1.57. The molecule has 48 heavy (non-hydrogen) atoms. The third-order valence-corrected chi connectivity index (χ3v) is 11.6. The molecule has 0 spiro atoms. The average molecular weight is 675 g/mol. The van der Waals surface area contributed by atoms with Gasteiger partial charge < -0.3 is 23.6 Å². The molecule has 2 atom stereocenters. The molecule has 8 heteroatoms. The molecule has 4 rings (SSSR count). The van der Waals surface area contributed by atoms with E-state index in [0.717, 1.165) is 60.3 Å². The van der Waals surface area contributed by atoms with Gasteiger partial charge in [0.25, 0.3) is 8.53 Å². The Morgan fingerprint density at radius 1 is 0.792 bits per heavy atom. The van der Waals surface area contributed by atoms with E-state index < -0.39 is 14.1 Å². The van der Waals surface area contributed by atoms with Crippen molar-refractivity contribution in [2.75, 3.05) is 27.4 Å². The van der Waals surface area contributed by atoms with Crippen LogP contribution in [-0.4, -0.2) is 49.1 Å². The molecule has 0 bridgehead atoms. The monoisotopic (exact) mass is 674 g/mol. The highest BCUT2D eigenvalue weighted by Crippen LogP contribution is 2.47. The van der Waals surface area contributed by atoms with Gasteiger partial charge in [0.15, 0.2) is 0 Å². The number of rotatable bonds is 18. The molecule has 260 valence electrons. The Morgan fingerprint density at radius 3 is 1.79 bits per heavy atom. The quantitative estimate of drug-likeness (QED) is 0.106. The molecule has 0 radical (unpaired) electrons. The van der Waals surface area contributed by atoms with Crippen molar-refractivity contribution in [1.82, 2.24) is 4.67 Å². The van der Waals surface area contributed by atoms with Gasteiger partial charge in [0.1, 0.15) is 17.1 Å². The van der Waals surface area contributed by atoms with E-state index in [2.05, 4.69) is 82.3 Å². The Morgan fingerprint density at radius 2 is 1.31 bits per heavy atom. The molecule has 1 N–H and O–H groups in total. The van der Waals surface area contributed by atoms with E-state index in [0.29, 0.717) is 6.61 Å². The number of nitrogens with zero attached hydrogens (tertiary/aromatic N) is 2. The van der Waals surface area contributed by atoms with Gasteiger partial charge in [0, 0.05) is 18.7 Å². The summed E-state index contributed by atoms with van der Waals surface area (Å²) < 4.78 is 26.2. The molecule has 0 heterocycles. The van der Waals surface area contributed by atoms with E-state index in [1.165, 1.54) is 19.3 Å². The highest BCUT2D eigenvalue weighted by Gasteiger charge is 2.40. The molecule has 0 aliphatic heterocycles. The van der Waals surface area contributed by atoms with E-state index in [1.54, 1.807) is 14.2 Å². The number of methoxy groups -OCH3 is 2. The molecule has 1 aliphatic rings. The highest BCUT2D eigenvalue weighted by atomic mass is 31.2. The van der Waals surface area contributed by atoms with Crippen LogP contribution < -0.4 is 9.47 Å². The third kappa shape index (κ3) is 9.37. The summed E-state index contributed by atoms with van der Waals surface area (Å²) >= 11 is 0. The van der Waals surface area contributed by atoms with Crippen LogP contribution in [-0.2, 0) is 14.9 Å². The fourth-order valence-electron chi connectivity index (χ4n) is 7.30. The lowest BCUT2D eigenvalue weighted by Crippen LogP contribution is -2.35. The molecule has 1 aliphatic carbocycles. The third-order valence-electron chi connectivity index (χ3n) is 9.89. The lowest BCUT2D eigenvalue weighted by Gasteiger charge is -2.41. The predicted molar refractivity (Wildman–Crippen MR) is 194 cm³/mol. The van der Waals surface area contributed by atoms with Crippen LogP contribution in [0.5, 0.6) is 11.5 Å². The van der Waals surface area contributed by atoms with Crippen molar-refractivity contribution in [2.45, 2.75) is 96.7 Å². The zero-order chi connectivity index (χ0) is 34.6. The SMILES string of the molecule is COc1ccc(C(OCCC2(CCC(C#N)COP(O)N(C(C)C)C(C)C)CCCCC2)(c2ccccc2)c2ccc(OC)cc2)cc1. The van der Waals surface area contributed by atoms with Gasteiger partial charge in [-0.3, -0.25) is 0 Å². The van der Waals surface area contributed by atoms with Gasteiger partial charge >= 0.3 is 0 Å². The van der Waals surface area contributed by atoms with Crippen LogP contribution in [0, 0.1) is 22.7 Å². The maximum atomic E-state index is 10.8. The van der Waals surface area contributed by atoms with Crippen molar-refractivity contribution in [2.24, 2.45) is 11.3 Å². The van der Waals surface area contributed by atoms with Crippen molar-refractivity contribution in [1.29, 1.82) is 5.26 Å². The molecule has 0 amide bonds. The van der Waals surface area contributed by atoms with Gasteiger partial charge in [-0.25, -0.2) is 4.67 Å². The number of hydrogen-bond donors (Lipinski definition) is 1. The second-order valence-electron chi connectivity index (χ2n) is 13.6. The Labute approximate surface area is 290 Å². The minimum atomic E-state index is -1.75. The molecular formula is C40H55N2O5P. The van der Waals surface area contributed by atoms with Crippen LogP contribution in [0.15, 0.2) is 78.9 Å². The van der Waals surface area contributed by atoms with Gasteiger partial charge in [-0.05, 0) is 106 Å². The van der Waals surface area contributed by atoms with Crippen molar-refractivity contribution in [3.63, 3.8) is 0 Å². The second-order valence-corrected chi connectivity index (χ2v) is 14.9. The highest BCUT2D eigenvalue weighted by molar-refractivity contribution is 7.43. The summed E-state index contributed by atoms with van der Waals surface area (Å²) in [7, 11) is 1.61. The van der Waals surface area contributed by atoms with Gasteiger partial charge in [0.05, 0.1) is 32.8 Å². The maximum absolute atomic E-state index is 10.8. The Kier molecular flexibility index (Phi) is 14.3. The van der Waals surface area contributed by atoms with E-state index >= 15 is 0 Å². The number of benzene rings is 3. The van der Waals surface area contributed by atoms with Crippen LogP contribution in [0.25, 0.3) is 0 Å². The molecule has 1 fully saturated rings. The largest absolute Gasteiger partial charge is 0.497 e. The summed E-state index contributed by atoms with van der Waals surface area (Å²) in [6.45, 7) is 9.03. The normalized spacial score (nSPS) is 16.1. The van der Waals surface area contributed by atoms with Gasteiger partial charge in [0.2, 0.25) is 0 Å². The van der Waals surface area contributed by atoms with E-state index in [1.807, 2.05) is 35.0 Å². The molecule has 2 unspecified atom stereocenters. The smallest absolute Gasteiger partial charge is 0.256 e. The Hall–Kier alpha value is -2.98. The summed E-state index contributed by atoms with van der Waals surface area (Å²) in [6.07, 6.45) is 8.44. The van der Waals surface area contributed by atoms with E-state index in [-0.39, 0.29) is 30.0 Å². The summed E-state index contributed by atoms with van der Waals surface area (Å²) in [5.41, 5.74) is 2.33. The van der Waals surface area contributed by atoms with Crippen LogP contribution in [0.3, 0.4) is 0 Å². The van der Waals surface area contributed by atoms with Crippen molar-refractivity contribution in [3.05, 3.63) is 95.6 Å². The minimum Gasteiger partial charge on any atom is -0.497 e. The van der Waals surface area contributed by atoms with Crippen LogP contribution in [0.1, 0.15) is 95.8 Å². The zero-order valence-corrected chi connectivity index (χ0v) is 30.6. The first-order valence-electron chi connectivity index (χ1n) is 17.5. The molecule has 3 aromatic carbocycles. The number of hydrogen-bond acceptors (Lipinski definition) is 7. The Bertz CT molecular complexity index is 1350. The lowest BCUT2D eigenvalue weighted by molar-refractivity contribution is -0.0141. The topological polar surface area (TPSA) is 84.2 Å². The summed E-state index contributed by atoms with van der Waals surface area (Å²) in [5, 5.41) is 10.1. The van der Waals surface area contributed by atoms with Gasteiger partial charge in [-0.2, -0.15) is 5.26 Å². The van der Waals surface area contributed by atoms with E-state index in [9.17, 15) is 10.2 Å². The molecular weight excluding hydrogens is 619 g/mol. The second kappa shape index (κ2) is 18.1. The standard InChI is InChI=1S/C40H55N2O5P/c1-31(2)42(32(3)4)48(43)47-30-33(29-41)23-26-39(24-11-8-12-25-39)27-28-46-40(34-13-9-7-10-14-34,35-15-19-37(44-5)20-16-35)36-17-21-38(45-6)22-18-36/h7,9-10,13-22,31-33,43H,8,11-12,23-28,30H2,1-6H3. The molecule has 1 saturated carbocycles. The fraction of sp³-hybridized carbons (Fsp3) is 0.525. The average Bonchev–Trinajstić information content (AvgIpc) is 3.11. The first kappa shape index (κ1) is 37.8. The van der Waals surface area contributed by atoms with Gasteiger partial charge in [-0.15, -0.1) is 0 Å². The first-order valence-corrected chi connectivity index (χ1v) is 18.6. The van der Waals surface area contributed by atoms with E-state index in [4.69, 9.17) is 18.7 Å². The fourth-order valence-corrected chi connectivity index (χ4v) is 8.54. The summed E-state index contributed by atoms with van der Waals surface area (Å²) in [6, 6.07) is 29.6. The van der Waals surface area contributed by atoms with Crippen molar-refractivity contribution in [3.8, 4) is 17.6 Å². The van der Waals surface area contributed by atoms with Crippen LogP contribution in [0.2, 0.25) is 0 Å². The number of ether oxygens (including phenoxy) is 3. The lowest BCUT2D eigenvalue weighted by atomic mass is 9.68.